The highest BCUT2D eigenvalue weighted by Crippen LogP contribution is 2.49. The molecule has 7 heteroatoms. The van der Waals surface area contributed by atoms with Gasteiger partial charge in [-0.05, 0) is 61.3 Å². The van der Waals surface area contributed by atoms with Crippen LogP contribution in [-0.4, -0.2) is 33.0 Å². The SMILES string of the molecule is CS(=O)(=O)Nc1ccc(C(=O)COC(=O)C[C@@H]2C[C@@H]3CC[C@@H]2C3)cc1. The average molecular weight is 365 g/mol. The fraction of sp³-hybridized carbons (Fsp3) is 0.556. The molecule has 1 aromatic rings. The maximum absolute atomic E-state index is 12.1. The molecule has 1 N–H and O–H groups in total. The molecule has 3 atom stereocenters. The van der Waals surface area contributed by atoms with Gasteiger partial charge in [-0.15, -0.1) is 0 Å². The first-order chi connectivity index (χ1) is 11.8. The van der Waals surface area contributed by atoms with Gasteiger partial charge in [-0.1, -0.05) is 6.42 Å². The van der Waals surface area contributed by atoms with E-state index in [1.54, 1.807) is 0 Å². The summed E-state index contributed by atoms with van der Waals surface area (Å²) in [6, 6.07) is 6.04. The van der Waals surface area contributed by atoms with Gasteiger partial charge in [0.25, 0.3) is 0 Å². The summed E-state index contributed by atoms with van der Waals surface area (Å²) in [6.45, 7) is -0.279. The molecule has 2 bridgehead atoms. The second kappa shape index (κ2) is 7.15. The van der Waals surface area contributed by atoms with Crippen molar-refractivity contribution in [2.75, 3.05) is 17.6 Å². The summed E-state index contributed by atoms with van der Waals surface area (Å²) in [7, 11) is -3.35. The Morgan fingerprint density at radius 1 is 1.16 bits per heavy atom. The molecule has 0 saturated heterocycles. The van der Waals surface area contributed by atoms with Gasteiger partial charge in [0.1, 0.15) is 0 Å². The van der Waals surface area contributed by atoms with E-state index in [-0.39, 0.29) is 18.4 Å². The third-order valence-corrected chi connectivity index (χ3v) is 5.79. The van der Waals surface area contributed by atoms with E-state index in [1.807, 2.05) is 0 Å². The number of hydrogen-bond acceptors (Lipinski definition) is 5. The molecule has 0 spiro atoms. The van der Waals surface area contributed by atoms with Gasteiger partial charge in [-0.25, -0.2) is 8.42 Å². The molecule has 0 unspecified atom stereocenters. The Labute approximate surface area is 148 Å². The second-order valence-corrected chi connectivity index (χ2v) is 8.92. The number of Topliss-reactive ketones (excluding diaryl/α,β-unsaturated/α-hetero) is 1. The van der Waals surface area contributed by atoms with Gasteiger partial charge in [-0.2, -0.15) is 0 Å². The zero-order valence-electron chi connectivity index (χ0n) is 14.2. The summed E-state index contributed by atoms with van der Waals surface area (Å²) in [5, 5.41) is 0. The Kier molecular flexibility index (Phi) is 5.13. The molecule has 25 heavy (non-hydrogen) atoms. The van der Waals surface area contributed by atoms with Gasteiger partial charge in [-0.3, -0.25) is 14.3 Å². The molecule has 0 heterocycles. The first-order valence-corrected chi connectivity index (χ1v) is 10.5. The average Bonchev–Trinajstić information content (AvgIpc) is 3.14. The number of benzene rings is 1. The third kappa shape index (κ3) is 4.81. The largest absolute Gasteiger partial charge is 0.457 e. The number of carbonyl (C=O) groups excluding carboxylic acids is 2. The van der Waals surface area contributed by atoms with Crippen molar-refractivity contribution in [2.24, 2.45) is 17.8 Å². The van der Waals surface area contributed by atoms with E-state index in [2.05, 4.69) is 4.72 Å². The maximum atomic E-state index is 12.1. The van der Waals surface area contributed by atoms with Crippen molar-refractivity contribution in [1.82, 2.24) is 0 Å². The molecule has 2 aliphatic carbocycles. The lowest BCUT2D eigenvalue weighted by molar-refractivity contribution is -0.144. The van der Waals surface area contributed by atoms with Crippen LogP contribution in [0, 0.1) is 17.8 Å². The Hall–Kier alpha value is -1.89. The van der Waals surface area contributed by atoms with E-state index in [0.29, 0.717) is 29.5 Å². The van der Waals surface area contributed by atoms with Crippen molar-refractivity contribution in [3.8, 4) is 0 Å². The summed E-state index contributed by atoms with van der Waals surface area (Å²) in [6.07, 6.45) is 6.33. The van der Waals surface area contributed by atoms with Crippen molar-refractivity contribution in [3.63, 3.8) is 0 Å². The molecular weight excluding hydrogens is 342 g/mol. The second-order valence-electron chi connectivity index (χ2n) is 7.17. The third-order valence-electron chi connectivity index (χ3n) is 5.19. The molecular formula is C18H23NO5S. The van der Waals surface area contributed by atoms with Crippen LogP contribution in [0.3, 0.4) is 0 Å². The molecule has 2 aliphatic rings. The quantitative estimate of drug-likeness (QED) is 0.592. The van der Waals surface area contributed by atoms with Gasteiger partial charge in [0, 0.05) is 17.7 Å². The van der Waals surface area contributed by atoms with E-state index in [9.17, 15) is 18.0 Å². The Balaban J connectivity index is 1.46. The normalized spacial score (nSPS) is 24.9. The number of fused-ring (bicyclic) bond motifs is 2. The molecule has 0 aromatic heterocycles. The lowest BCUT2D eigenvalue weighted by atomic mass is 9.86. The minimum Gasteiger partial charge on any atom is -0.457 e. The van der Waals surface area contributed by atoms with Crippen LogP contribution in [0.5, 0.6) is 0 Å². The number of ether oxygens (including phenoxy) is 1. The molecule has 6 nitrogen and oxygen atoms in total. The van der Waals surface area contributed by atoms with Crippen LogP contribution in [0.15, 0.2) is 24.3 Å². The highest BCUT2D eigenvalue weighted by Gasteiger charge is 2.40. The Morgan fingerprint density at radius 3 is 2.44 bits per heavy atom. The van der Waals surface area contributed by atoms with Crippen LogP contribution >= 0.6 is 0 Å². The van der Waals surface area contributed by atoms with E-state index in [4.69, 9.17) is 4.74 Å². The van der Waals surface area contributed by atoms with Crippen molar-refractivity contribution in [3.05, 3.63) is 29.8 Å². The van der Waals surface area contributed by atoms with Crippen LogP contribution in [0.2, 0.25) is 0 Å². The predicted molar refractivity (Wildman–Crippen MR) is 93.8 cm³/mol. The summed E-state index contributed by atoms with van der Waals surface area (Å²) in [4.78, 5) is 24.1. The fourth-order valence-corrected chi connectivity index (χ4v) is 4.63. The number of hydrogen-bond donors (Lipinski definition) is 1. The number of sulfonamides is 1. The zero-order chi connectivity index (χ0) is 18.0. The van der Waals surface area contributed by atoms with E-state index < -0.39 is 10.0 Å². The van der Waals surface area contributed by atoms with Crippen molar-refractivity contribution in [1.29, 1.82) is 0 Å². The van der Waals surface area contributed by atoms with Crippen LogP contribution in [-0.2, 0) is 19.6 Å². The van der Waals surface area contributed by atoms with E-state index in [0.717, 1.165) is 18.6 Å². The van der Waals surface area contributed by atoms with Crippen LogP contribution in [0.25, 0.3) is 0 Å². The van der Waals surface area contributed by atoms with E-state index in [1.165, 1.54) is 43.5 Å². The topological polar surface area (TPSA) is 89.5 Å². The van der Waals surface area contributed by atoms with Gasteiger partial charge in [0.15, 0.2) is 12.4 Å². The number of carbonyl (C=O) groups is 2. The number of nitrogens with one attached hydrogen (secondary N) is 1. The highest BCUT2D eigenvalue weighted by atomic mass is 32.2. The number of anilines is 1. The van der Waals surface area contributed by atoms with Crippen molar-refractivity contribution in [2.45, 2.75) is 32.1 Å². The standard InChI is InChI=1S/C18H23NO5S/c1-25(22,23)19-16-6-4-13(5-7-16)17(20)11-24-18(21)10-15-9-12-2-3-14(15)8-12/h4-7,12,14-15,19H,2-3,8-11H2,1H3/t12-,14-,15+/m1/s1. The van der Waals surface area contributed by atoms with Crippen LogP contribution < -0.4 is 4.72 Å². The van der Waals surface area contributed by atoms with Gasteiger partial charge < -0.3 is 4.74 Å². The molecule has 2 fully saturated rings. The number of esters is 1. The highest BCUT2D eigenvalue weighted by molar-refractivity contribution is 7.92. The summed E-state index contributed by atoms with van der Waals surface area (Å²) < 4.78 is 29.8. The van der Waals surface area contributed by atoms with Gasteiger partial charge in [0.2, 0.25) is 10.0 Å². The monoisotopic (exact) mass is 365 g/mol. The molecule has 0 radical (unpaired) electrons. The fourth-order valence-electron chi connectivity index (χ4n) is 4.07. The molecule has 1 aromatic carbocycles. The smallest absolute Gasteiger partial charge is 0.306 e. The first-order valence-electron chi connectivity index (χ1n) is 8.57. The number of rotatable bonds is 7. The molecule has 0 amide bonds. The molecule has 2 saturated carbocycles. The minimum atomic E-state index is -3.35. The lowest BCUT2D eigenvalue weighted by Crippen LogP contribution is -2.19. The van der Waals surface area contributed by atoms with Crippen LogP contribution in [0.1, 0.15) is 42.5 Å². The van der Waals surface area contributed by atoms with E-state index >= 15 is 0 Å². The minimum absolute atomic E-state index is 0.279. The first kappa shape index (κ1) is 17.9. The zero-order valence-corrected chi connectivity index (χ0v) is 15.1. The Bertz CT molecular complexity index is 756. The summed E-state index contributed by atoms with van der Waals surface area (Å²) in [5.74, 6) is 1.25. The summed E-state index contributed by atoms with van der Waals surface area (Å²) >= 11 is 0. The van der Waals surface area contributed by atoms with Crippen LogP contribution in [0.4, 0.5) is 5.69 Å². The maximum Gasteiger partial charge on any atom is 0.306 e. The van der Waals surface area contributed by atoms with Crippen molar-refractivity contribution < 1.29 is 22.7 Å². The number of ketones is 1. The molecule has 136 valence electrons. The molecule has 3 rings (SSSR count). The molecule has 0 aliphatic heterocycles. The lowest BCUT2D eigenvalue weighted by Gasteiger charge is -2.20. The van der Waals surface area contributed by atoms with Gasteiger partial charge in [0.05, 0.1) is 6.26 Å². The summed E-state index contributed by atoms with van der Waals surface area (Å²) in [5.41, 5.74) is 0.763. The van der Waals surface area contributed by atoms with Gasteiger partial charge >= 0.3 is 5.97 Å². The predicted octanol–water partition coefficient (Wildman–Crippen LogP) is 2.61. The Morgan fingerprint density at radius 2 is 1.88 bits per heavy atom. The van der Waals surface area contributed by atoms with Crippen molar-refractivity contribution >= 4 is 27.5 Å².